The first-order chi connectivity index (χ1) is 11.1. The normalized spacial score (nSPS) is 24.7. The van der Waals surface area contributed by atoms with Gasteiger partial charge in [-0.25, -0.2) is 9.97 Å². The number of hydrogen-bond donors (Lipinski definition) is 0. The van der Waals surface area contributed by atoms with Crippen LogP contribution in [-0.4, -0.2) is 27.1 Å². The highest BCUT2D eigenvalue weighted by Gasteiger charge is 2.32. The Balaban J connectivity index is 1.65. The van der Waals surface area contributed by atoms with Gasteiger partial charge in [-0.15, -0.1) is 0 Å². The van der Waals surface area contributed by atoms with Gasteiger partial charge in [-0.3, -0.25) is 4.79 Å². The minimum absolute atomic E-state index is 0.179. The number of fused-ring (bicyclic) bond motifs is 1. The summed E-state index contributed by atoms with van der Waals surface area (Å²) in [5, 5.41) is 1.10. The quantitative estimate of drug-likeness (QED) is 0.791. The van der Waals surface area contributed by atoms with Crippen LogP contribution in [0, 0.1) is 11.3 Å². The summed E-state index contributed by atoms with van der Waals surface area (Å²) in [7, 11) is 0. The van der Waals surface area contributed by atoms with Gasteiger partial charge in [-0.2, -0.15) is 0 Å². The molecule has 1 fully saturated rings. The SMILES string of the molecule is CC(=O)OCC[C@H]1CCCC(C)(Cn2ccc3cncnc32)C1. The van der Waals surface area contributed by atoms with Gasteiger partial charge in [-0.1, -0.05) is 19.8 Å². The van der Waals surface area contributed by atoms with E-state index in [1.165, 1.54) is 32.6 Å². The number of aromatic nitrogens is 3. The zero-order chi connectivity index (χ0) is 16.3. The Kier molecular flexibility index (Phi) is 4.64. The second kappa shape index (κ2) is 6.69. The van der Waals surface area contributed by atoms with Crippen molar-refractivity contribution in [2.45, 2.75) is 52.5 Å². The lowest BCUT2D eigenvalue weighted by molar-refractivity contribution is -0.141. The number of hydrogen-bond acceptors (Lipinski definition) is 4. The molecule has 1 saturated carbocycles. The molecule has 5 nitrogen and oxygen atoms in total. The topological polar surface area (TPSA) is 57.0 Å². The zero-order valence-electron chi connectivity index (χ0n) is 14.0. The van der Waals surface area contributed by atoms with E-state index in [1.807, 2.05) is 6.20 Å². The first-order valence-electron chi connectivity index (χ1n) is 8.44. The van der Waals surface area contributed by atoms with Crippen molar-refractivity contribution in [3.8, 4) is 0 Å². The third kappa shape index (κ3) is 3.89. The average molecular weight is 315 g/mol. The lowest BCUT2D eigenvalue weighted by atomic mass is 9.70. The summed E-state index contributed by atoms with van der Waals surface area (Å²) in [5.74, 6) is 0.464. The Morgan fingerprint density at radius 1 is 1.52 bits per heavy atom. The average Bonchev–Trinajstić information content (AvgIpc) is 2.90. The van der Waals surface area contributed by atoms with Crippen molar-refractivity contribution in [1.82, 2.24) is 14.5 Å². The zero-order valence-corrected chi connectivity index (χ0v) is 14.0. The second-order valence-electron chi connectivity index (χ2n) is 7.15. The minimum atomic E-state index is -0.179. The molecule has 2 atom stereocenters. The van der Waals surface area contributed by atoms with Gasteiger partial charge in [0.25, 0.3) is 0 Å². The van der Waals surface area contributed by atoms with Crippen LogP contribution in [0.25, 0.3) is 11.0 Å². The van der Waals surface area contributed by atoms with Gasteiger partial charge < -0.3 is 9.30 Å². The van der Waals surface area contributed by atoms with E-state index in [-0.39, 0.29) is 11.4 Å². The van der Waals surface area contributed by atoms with Crippen LogP contribution in [0.5, 0.6) is 0 Å². The highest BCUT2D eigenvalue weighted by molar-refractivity contribution is 5.74. The summed E-state index contributed by atoms with van der Waals surface area (Å²) in [4.78, 5) is 19.4. The molecule has 0 bridgehead atoms. The third-order valence-corrected chi connectivity index (χ3v) is 4.98. The molecule has 1 unspecified atom stereocenters. The van der Waals surface area contributed by atoms with Gasteiger partial charge >= 0.3 is 5.97 Å². The second-order valence-corrected chi connectivity index (χ2v) is 7.15. The summed E-state index contributed by atoms with van der Waals surface area (Å²) in [6.45, 7) is 5.38. The standard InChI is InChI=1S/C18H25N3O2/c1-14(22)23-9-6-15-4-3-7-18(2,10-15)12-21-8-5-16-11-19-13-20-17(16)21/h5,8,11,13,15H,3-4,6-7,9-10,12H2,1-2H3/t15-,18?/m1/s1. The van der Waals surface area contributed by atoms with E-state index in [9.17, 15) is 4.79 Å². The number of ether oxygens (including phenoxy) is 1. The van der Waals surface area contributed by atoms with Crippen molar-refractivity contribution < 1.29 is 9.53 Å². The van der Waals surface area contributed by atoms with Crippen molar-refractivity contribution in [1.29, 1.82) is 0 Å². The van der Waals surface area contributed by atoms with Crippen molar-refractivity contribution in [3.63, 3.8) is 0 Å². The molecule has 1 aliphatic rings. The number of nitrogens with zero attached hydrogens (tertiary/aromatic N) is 3. The smallest absolute Gasteiger partial charge is 0.302 e. The molecule has 0 aromatic carbocycles. The lowest BCUT2D eigenvalue weighted by Gasteiger charge is -2.38. The number of carbonyl (C=O) groups is 1. The predicted octanol–water partition coefficient (Wildman–Crippen LogP) is 3.58. The van der Waals surface area contributed by atoms with Crippen LogP contribution in [0.15, 0.2) is 24.8 Å². The fourth-order valence-corrected chi connectivity index (χ4v) is 3.95. The fraction of sp³-hybridized carbons (Fsp3) is 0.611. The highest BCUT2D eigenvalue weighted by Crippen LogP contribution is 2.42. The maximum atomic E-state index is 10.9. The fourth-order valence-electron chi connectivity index (χ4n) is 3.95. The molecule has 23 heavy (non-hydrogen) atoms. The van der Waals surface area contributed by atoms with Gasteiger partial charge in [-0.05, 0) is 36.7 Å². The van der Waals surface area contributed by atoms with Crippen LogP contribution in [0.2, 0.25) is 0 Å². The Hall–Kier alpha value is -1.91. The van der Waals surface area contributed by atoms with Crippen molar-refractivity contribution in [3.05, 3.63) is 24.8 Å². The van der Waals surface area contributed by atoms with Crippen LogP contribution >= 0.6 is 0 Å². The summed E-state index contributed by atoms with van der Waals surface area (Å²) in [6.07, 6.45) is 11.5. The van der Waals surface area contributed by atoms with E-state index in [2.05, 4.69) is 33.7 Å². The molecule has 2 heterocycles. The molecule has 0 aliphatic heterocycles. The first-order valence-corrected chi connectivity index (χ1v) is 8.44. The predicted molar refractivity (Wildman–Crippen MR) is 88.8 cm³/mol. The molecule has 1 aliphatic carbocycles. The molecule has 0 saturated heterocycles. The number of rotatable bonds is 5. The van der Waals surface area contributed by atoms with Gasteiger partial charge in [0.2, 0.25) is 0 Å². The molecular formula is C18H25N3O2. The maximum absolute atomic E-state index is 10.9. The van der Waals surface area contributed by atoms with Gasteiger partial charge in [0.15, 0.2) is 0 Å². The molecule has 5 heteroatoms. The molecule has 0 N–H and O–H groups in total. The summed E-state index contributed by atoms with van der Waals surface area (Å²) in [5.41, 5.74) is 1.29. The summed E-state index contributed by atoms with van der Waals surface area (Å²) >= 11 is 0. The van der Waals surface area contributed by atoms with Crippen LogP contribution in [-0.2, 0) is 16.1 Å². The molecular weight excluding hydrogens is 290 g/mol. The van der Waals surface area contributed by atoms with E-state index in [0.29, 0.717) is 12.5 Å². The number of carbonyl (C=O) groups excluding carboxylic acids is 1. The van der Waals surface area contributed by atoms with E-state index >= 15 is 0 Å². The first kappa shape index (κ1) is 16.0. The molecule has 0 amide bonds. The molecule has 3 rings (SSSR count). The number of esters is 1. The Morgan fingerprint density at radius 3 is 3.22 bits per heavy atom. The monoisotopic (exact) mass is 315 g/mol. The van der Waals surface area contributed by atoms with E-state index in [0.717, 1.165) is 24.0 Å². The van der Waals surface area contributed by atoms with Crippen molar-refractivity contribution >= 4 is 17.0 Å². The molecule has 2 aromatic heterocycles. The van der Waals surface area contributed by atoms with Gasteiger partial charge in [0.05, 0.1) is 6.61 Å². The Bertz CT molecular complexity index is 682. The minimum Gasteiger partial charge on any atom is -0.466 e. The molecule has 2 aromatic rings. The Morgan fingerprint density at radius 2 is 2.39 bits per heavy atom. The third-order valence-electron chi connectivity index (χ3n) is 4.98. The van der Waals surface area contributed by atoms with Crippen molar-refractivity contribution in [2.75, 3.05) is 6.61 Å². The lowest BCUT2D eigenvalue weighted by Crippen LogP contribution is -2.30. The van der Waals surface area contributed by atoms with E-state index in [4.69, 9.17) is 4.74 Å². The van der Waals surface area contributed by atoms with Crippen LogP contribution < -0.4 is 0 Å². The molecule has 124 valence electrons. The van der Waals surface area contributed by atoms with Gasteiger partial charge in [0.1, 0.15) is 12.0 Å². The van der Waals surface area contributed by atoms with Gasteiger partial charge in [0, 0.05) is 31.2 Å². The van der Waals surface area contributed by atoms with Crippen molar-refractivity contribution in [2.24, 2.45) is 11.3 Å². The van der Waals surface area contributed by atoms with Crippen LogP contribution in [0.1, 0.15) is 46.0 Å². The maximum Gasteiger partial charge on any atom is 0.302 e. The molecule has 0 radical (unpaired) electrons. The van der Waals surface area contributed by atoms with E-state index in [1.54, 1.807) is 6.33 Å². The van der Waals surface area contributed by atoms with Crippen LogP contribution in [0.3, 0.4) is 0 Å². The highest BCUT2D eigenvalue weighted by atomic mass is 16.5. The largest absolute Gasteiger partial charge is 0.466 e. The summed E-state index contributed by atoms with van der Waals surface area (Å²) in [6, 6.07) is 2.08. The summed E-state index contributed by atoms with van der Waals surface area (Å²) < 4.78 is 7.37. The molecule has 0 spiro atoms. The van der Waals surface area contributed by atoms with E-state index < -0.39 is 0 Å². The Labute approximate surface area is 137 Å². The van der Waals surface area contributed by atoms with Crippen LogP contribution in [0.4, 0.5) is 0 Å².